The molecule has 0 spiro atoms. The van der Waals surface area contributed by atoms with Gasteiger partial charge < -0.3 is 4.74 Å². The number of carbonyl (C=O) groups is 1. The van der Waals surface area contributed by atoms with Crippen LogP contribution in [0.25, 0.3) is 11.1 Å². The molecule has 0 aliphatic carbocycles. The minimum Gasteiger partial charge on any atom is -0.423 e. The highest BCUT2D eigenvalue weighted by Crippen LogP contribution is 2.27. The number of nitrogens with zero attached hydrogens (tertiary/aromatic N) is 1. The molecule has 6 heteroatoms. The van der Waals surface area contributed by atoms with E-state index in [4.69, 9.17) is 10.00 Å². The molecule has 0 aliphatic rings. The monoisotopic (exact) mass is 395 g/mol. The Balaban J connectivity index is 1.83. The second-order valence-corrected chi connectivity index (χ2v) is 6.40. The van der Waals surface area contributed by atoms with Crippen LogP contribution in [0, 0.1) is 28.8 Å². The normalized spacial score (nSPS) is 10.4. The molecule has 29 heavy (non-hydrogen) atoms. The van der Waals surface area contributed by atoms with Gasteiger partial charge in [0, 0.05) is 11.6 Å². The van der Waals surface area contributed by atoms with Crippen LogP contribution in [0.5, 0.6) is 5.75 Å². The van der Waals surface area contributed by atoms with Crippen molar-refractivity contribution in [2.45, 2.75) is 19.8 Å². The van der Waals surface area contributed by atoms with Gasteiger partial charge >= 0.3 is 5.97 Å². The topological polar surface area (TPSA) is 50.1 Å². The van der Waals surface area contributed by atoms with E-state index in [-0.39, 0.29) is 28.0 Å². The summed E-state index contributed by atoms with van der Waals surface area (Å²) in [4.78, 5) is 12.2. The SMILES string of the molecule is CCCc1ccc(-c2ccc(C(=O)Oc3ccc(C#N)c(F)c3)c(F)c2)c(F)c1. The van der Waals surface area contributed by atoms with E-state index >= 15 is 0 Å². The average molecular weight is 395 g/mol. The first-order valence-corrected chi connectivity index (χ1v) is 8.93. The molecule has 3 rings (SSSR count). The predicted molar refractivity (Wildman–Crippen MR) is 102 cm³/mol. The van der Waals surface area contributed by atoms with Gasteiger partial charge in [-0.05, 0) is 47.9 Å². The van der Waals surface area contributed by atoms with Gasteiger partial charge in [-0.2, -0.15) is 5.26 Å². The number of rotatable bonds is 5. The van der Waals surface area contributed by atoms with Crippen LogP contribution in [-0.4, -0.2) is 5.97 Å². The highest BCUT2D eigenvalue weighted by atomic mass is 19.1. The summed E-state index contributed by atoms with van der Waals surface area (Å²) in [7, 11) is 0. The van der Waals surface area contributed by atoms with Gasteiger partial charge in [0.1, 0.15) is 29.3 Å². The zero-order valence-electron chi connectivity index (χ0n) is 15.5. The summed E-state index contributed by atoms with van der Waals surface area (Å²) >= 11 is 0. The number of carbonyl (C=O) groups excluding carboxylic acids is 1. The van der Waals surface area contributed by atoms with Crippen LogP contribution in [0.3, 0.4) is 0 Å². The molecule has 0 aliphatic heterocycles. The van der Waals surface area contributed by atoms with E-state index in [1.165, 1.54) is 24.3 Å². The fourth-order valence-corrected chi connectivity index (χ4v) is 2.90. The summed E-state index contributed by atoms with van der Waals surface area (Å²) < 4.78 is 47.4. The lowest BCUT2D eigenvalue weighted by molar-refractivity contribution is 0.0729. The van der Waals surface area contributed by atoms with Gasteiger partial charge in [-0.3, -0.25) is 0 Å². The van der Waals surface area contributed by atoms with E-state index < -0.39 is 23.4 Å². The predicted octanol–water partition coefficient (Wildman–Crippen LogP) is 5.81. The highest BCUT2D eigenvalue weighted by molar-refractivity contribution is 5.92. The fraction of sp³-hybridized carbons (Fsp3) is 0.130. The number of benzene rings is 3. The van der Waals surface area contributed by atoms with Crippen molar-refractivity contribution in [1.29, 1.82) is 5.26 Å². The second kappa shape index (κ2) is 8.61. The number of hydrogen-bond acceptors (Lipinski definition) is 3. The van der Waals surface area contributed by atoms with Gasteiger partial charge in [-0.15, -0.1) is 0 Å². The van der Waals surface area contributed by atoms with E-state index in [2.05, 4.69) is 0 Å². The molecule has 0 saturated carbocycles. The van der Waals surface area contributed by atoms with Crippen molar-refractivity contribution in [3.05, 3.63) is 88.7 Å². The average Bonchev–Trinajstić information content (AvgIpc) is 2.68. The fourth-order valence-electron chi connectivity index (χ4n) is 2.90. The number of halogens is 3. The first kappa shape index (κ1) is 20.2. The number of esters is 1. The lowest BCUT2D eigenvalue weighted by Gasteiger charge is -2.09. The second-order valence-electron chi connectivity index (χ2n) is 6.40. The zero-order chi connectivity index (χ0) is 21.0. The molecule has 0 amide bonds. The number of aryl methyl sites for hydroxylation is 1. The molecule has 0 heterocycles. The quantitative estimate of drug-likeness (QED) is 0.404. The number of hydrogen-bond donors (Lipinski definition) is 0. The van der Waals surface area contributed by atoms with Crippen molar-refractivity contribution in [2.24, 2.45) is 0 Å². The van der Waals surface area contributed by atoms with Crippen LogP contribution in [0.15, 0.2) is 54.6 Å². The van der Waals surface area contributed by atoms with Gasteiger partial charge in [0.2, 0.25) is 0 Å². The molecule has 0 fully saturated rings. The minimum absolute atomic E-state index is 0.160. The molecule has 0 aromatic heterocycles. The van der Waals surface area contributed by atoms with E-state index in [1.807, 2.05) is 6.92 Å². The molecule has 0 saturated heterocycles. The zero-order valence-corrected chi connectivity index (χ0v) is 15.5. The van der Waals surface area contributed by atoms with Crippen molar-refractivity contribution in [2.75, 3.05) is 0 Å². The maximum absolute atomic E-state index is 14.5. The molecule has 0 N–H and O–H groups in total. The Bertz CT molecular complexity index is 1120. The van der Waals surface area contributed by atoms with E-state index in [9.17, 15) is 18.0 Å². The molecule has 146 valence electrons. The molecule has 0 radical (unpaired) electrons. The molecular weight excluding hydrogens is 379 g/mol. The Hall–Kier alpha value is -3.59. The molecular formula is C23H16F3NO2. The number of nitriles is 1. The lowest BCUT2D eigenvalue weighted by Crippen LogP contribution is -2.11. The largest absolute Gasteiger partial charge is 0.423 e. The van der Waals surface area contributed by atoms with Gasteiger partial charge in [0.25, 0.3) is 0 Å². The van der Waals surface area contributed by atoms with Gasteiger partial charge in [0.05, 0.1) is 11.1 Å². The first-order chi connectivity index (χ1) is 13.9. The Kier molecular flexibility index (Phi) is 5.99. The van der Waals surface area contributed by atoms with Crippen LogP contribution in [0.4, 0.5) is 13.2 Å². The van der Waals surface area contributed by atoms with Crippen LogP contribution >= 0.6 is 0 Å². The van der Waals surface area contributed by atoms with Crippen LogP contribution in [0.2, 0.25) is 0 Å². The van der Waals surface area contributed by atoms with Crippen molar-refractivity contribution in [1.82, 2.24) is 0 Å². The molecule has 0 bridgehead atoms. The summed E-state index contributed by atoms with van der Waals surface area (Å²) in [6, 6.07) is 13.3. The third kappa shape index (κ3) is 4.46. The molecule has 3 aromatic carbocycles. The van der Waals surface area contributed by atoms with E-state index in [1.54, 1.807) is 18.2 Å². The molecule has 0 unspecified atom stereocenters. The van der Waals surface area contributed by atoms with Crippen molar-refractivity contribution < 1.29 is 22.7 Å². The number of ether oxygens (including phenoxy) is 1. The Morgan fingerprint density at radius 3 is 2.38 bits per heavy atom. The highest BCUT2D eigenvalue weighted by Gasteiger charge is 2.17. The van der Waals surface area contributed by atoms with Crippen molar-refractivity contribution in [3.8, 4) is 22.9 Å². The van der Waals surface area contributed by atoms with Crippen molar-refractivity contribution >= 4 is 5.97 Å². The van der Waals surface area contributed by atoms with Gasteiger partial charge in [-0.1, -0.05) is 31.5 Å². The summed E-state index contributed by atoms with van der Waals surface area (Å²) in [6.07, 6.45) is 1.62. The first-order valence-electron chi connectivity index (χ1n) is 8.93. The van der Waals surface area contributed by atoms with Crippen molar-refractivity contribution in [3.63, 3.8) is 0 Å². The maximum atomic E-state index is 14.5. The minimum atomic E-state index is -1.03. The van der Waals surface area contributed by atoms with Gasteiger partial charge in [0.15, 0.2) is 0 Å². The van der Waals surface area contributed by atoms with Gasteiger partial charge in [-0.25, -0.2) is 18.0 Å². The molecule has 3 aromatic rings. The standard InChI is InChI=1S/C23H16F3NO2/c1-2-3-14-4-8-18(21(25)10-14)15-6-9-19(22(26)11-15)23(28)29-17-7-5-16(13-27)20(24)12-17/h4-12H,2-3H2,1H3. The molecule has 3 nitrogen and oxygen atoms in total. The summed E-state index contributed by atoms with van der Waals surface area (Å²) in [6.45, 7) is 1.99. The third-order valence-electron chi connectivity index (χ3n) is 4.34. The Labute approximate surface area is 166 Å². The summed E-state index contributed by atoms with van der Waals surface area (Å²) in [5.41, 5.74) is 0.778. The van der Waals surface area contributed by atoms with Crippen LogP contribution in [0.1, 0.15) is 34.8 Å². The van der Waals surface area contributed by atoms with E-state index in [0.29, 0.717) is 0 Å². The Morgan fingerprint density at radius 1 is 0.966 bits per heavy atom. The van der Waals surface area contributed by atoms with Crippen LogP contribution in [-0.2, 0) is 6.42 Å². The summed E-state index contributed by atoms with van der Waals surface area (Å²) in [5, 5.41) is 8.71. The summed E-state index contributed by atoms with van der Waals surface area (Å²) in [5.74, 6) is -3.41. The maximum Gasteiger partial charge on any atom is 0.346 e. The van der Waals surface area contributed by atoms with Crippen LogP contribution < -0.4 is 4.74 Å². The lowest BCUT2D eigenvalue weighted by atomic mass is 10.00. The third-order valence-corrected chi connectivity index (χ3v) is 4.34. The smallest absolute Gasteiger partial charge is 0.346 e. The molecule has 0 atom stereocenters. The Morgan fingerprint density at radius 2 is 1.76 bits per heavy atom. The van der Waals surface area contributed by atoms with E-state index in [0.717, 1.165) is 36.6 Å².